The Morgan fingerprint density at radius 3 is 0.884 bits per heavy atom. The highest BCUT2D eigenvalue weighted by Crippen LogP contribution is 2.12. The summed E-state index contributed by atoms with van der Waals surface area (Å²) in [5.74, 6) is 0.833. The molecule has 1 heteroatoms. The standard InChI is InChI=1S/2C10H8.C8H7N.2C4H10.C3H8.3CH4/c2*1-2-6-10-8-4-3-7-9(10)5-1;1-2-4-8-7(3-1)5-6-9-8;1-4(2)3;1-3-4-2;1-3-2;;;/h2*1-8H;1-6,9H;4H,1-3H3;3-4H2,1-2H3;3H2,1-2H3;3*1H4. The molecule has 0 atom stereocenters. The lowest BCUT2D eigenvalue weighted by Crippen LogP contribution is -1.67. The second-order valence-corrected chi connectivity index (χ2v) is 10.2. The van der Waals surface area contributed by atoms with Gasteiger partial charge in [-0.05, 0) is 45.0 Å². The largest absolute Gasteiger partial charge is 0.361 e. The highest BCUT2D eigenvalue weighted by atomic mass is 14.7. The Kier molecular flexibility index (Phi) is 28.7. The number of benzene rings is 5. The van der Waals surface area contributed by atoms with Gasteiger partial charge in [0.05, 0.1) is 0 Å². The van der Waals surface area contributed by atoms with Gasteiger partial charge >= 0.3 is 0 Å². The van der Waals surface area contributed by atoms with E-state index in [0.29, 0.717) is 0 Å². The van der Waals surface area contributed by atoms with Crippen LogP contribution in [0.25, 0.3) is 32.4 Å². The monoisotopic (exact) mass is 581 g/mol. The van der Waals surface area contributed by atoms with Crippen LogP contribution in [0.2, 0.25) is 0 Å². The minimum absolute atomic E-state index is 0. The lowest BCUT2D eigenvalue weighted by molar-refractivity contribution is 0.737. The lowest BCUT2D eigenvalue weighted by Gasteiger charge is -1.92. The third kappa shape index (κ3) is 19.8. The first-order valence-electron chi connectivity index (χ1n) is 14.9. The van der Waals surface area contributed by atoms with Gasteiger partial charge in [-0.3, -0.25) is 0 Å². The molecule has 0 spiro atoms. The summed E-state index contributed by atoms with van der Waals surface area (Å²) >= 11 is 0. The maximum absolute atomic E-state index is 3.12. The average Bonchev–Trinajstić information content (AvgIpc) is 3.47. The van der Waals surface area contributed by atoms with Crippen LogP contribution in [0.3, 0.4) is 0 Å². The van der Waals surface area contributed by atoms with Crippen molar-refractivity contribution in [1.29, 1.82) is 0 Å². The summed E-state index contributed by atoms with van der Waals surface area (Å²) in [7, 11) is 0. The Bertz CT molecular complexity index is 1170. The number of aromatic nitrogens is 1. The van der Waals surface area contributed by atoms with Crippen LogP contribution < -0.4 is 0 Å². The number of para-hydroxylation sites is 1. The van der Waals surface area contributed by atoms with Gasteiger partial charge in [0.1, 0.15) is 0 Å². The van der Waals surface area contributed by atoms with E-state index in [9.17, 15) is 0 Å². The molecule has 1 N–H and O–H groups in total. The van der Waals surface area contributed by atoms with Gasteiger partial charge in [0.25, 0.3) is 0 Å². The van der Waals surface area contributed by atoms with Gasteiger partial charge in [-0.25, -0.2) is 0 Å². The first-order chi connectivity index (χ1) is 19.5. The molecule has 0 aliphatic heterocycles. The van der Waals surface area contributed by atoms with E-state index < -0.39 is 0 Å². The van der Waals surface area contributed by atoms with Crippen molar-refractivity contribution in [3.63, 3.8) is 0 Å². The molecule has 1 heterocycles. The van der Waals surface area contributed by atoms with Crippen molar-refractivity contribution in [2.45, 2.75) is 90.0 Å². The Morgan fingerprint density at radius 2 is 0.651 bits per heavy atom. The minimum atomic E-state index is 0. The van der Waals surface area contributed by atoms with E-state index in [1.54, 1.807) is 0 Å². The second kappa shape index (κ2) is 28.3. The van der Waals surface area contributed by atoms with Crippen molar-refractivity contribution < 1.29 is 0 Å². The van der Waals surface area contributed by atoms with Crippen molar-refractivity contribution in [1.82, 2.24) is 4.98 Å². The molecule has 0 aliphatic rings. The van der Waals surface area contributed by atoms with Crippen LogP contribution in [0.1, 0.15) is 90.0 Å². The van der Waals surface area contributed by atoms with Crippen LogP contribution >= 0.6 is 0 Å². The van der Waals surface area contributed by atoms with Gasteiger partial charge in [-0.15, -0.1) is 0 Å². The number of hydrogen-bond acceptors (Lipinski definition) is 0. The summed E-state index contributed by atoms with van der Waals surface area (Å²) in [6.07, 6.45) is 5.84. The molecule has 236 valence electrons. The molecule has 43 heavy (non-hydrogen) atoms. The van der Waals surface area contributed by atoms with E-state index in [0.717, 1.165) is 5.92 Å². The molecule has 1 nitrogen and oxygen atoms in total. The summed E-state index contributed by atoms with van der Waals surface area (Å²) in [6, 6.07) is 43.7. The van der Waals surface area contributed by atoms with Crippen LogP contribution in [0.4, 0.5) is 0 Å². The molecule has 0 bridgehead atoms. The van der Waals surface area contributed by atoms with Crippen LogP contribution in [0.15, 0.2) is 134 Å². The van der Waals surface area contributed by atoms with Gasteiger partial charge in [-0.1, -0.05) is 205 Å². The van der Waals surface area contributed by atoms with Crippen LogP contribution in [0, 0.1) is 5.92 Å². The Labute approximate surface area is 266 Å². The fourth-order valence-corrected chi connectivity index (χ4v) is 3.26. The molecule has 0 aliphatic carbocycles. The predicted molar refractivity (Wildman–Crippen MR) is 203 cm³/mol. The number of rotatable bonds is 1. The summed E-state index contributed by atoms with van der Waals surface area (Å²) in [5, 5.41) is 6.52. The Morgan fingerprint density at radius 1 is 0.419 bits per heavy atom. The third-order valence-electron chi connectivity index (χ3n) is 5.28. The fraction of sp³-hybridized carbons (Fsp3) is 0.333. The predicted octanol–water partition coefficient (Wildman–Crippen LogP) is 14.6. The molecule has 0 saturated heterocycles. The first-order valence-corrected chi connectivity index (χ1v) is 14.9. The fourth-order valence-electron chi connectivity index (χ4n) is 3.26. The summed E-state index contributed by atoms with van der Waals surface area (Å²) < 4.78 is 0. The summed E-state index contributed by atoms with van der Waals surface area (Å²) in [5.41, 5.74) is 1.21. The zero-order chi connectivity index (χ0) is 29.4. The van der Waals surface area contributed by atoms with E-state index in [1.807, 2.05) is 18.3 Å². The zero-order valence-electron chi connectivity index (χ0n) is 25.9. The van der Waals surface area contributed by atoms with Gasteiger partial charge in [0.2, 0.25) is 0 Å². The maximum Gasteiger partial charge on any atom is 0.0453 e. The summed E-state index contributed by atoms with van der Waals surface area (Å²) in [6.45, 7) is 15.1. The SMILES string of the molecule is C.C.C.CC(C)C.CCC.CCCC.c1ccc2[nH]ccc2c1.c1ccc2ccccc2c1.c1ccc2ccccc2c1. The average molecular weight is 582 g/mol. The normalized spacial score (nSPS) is 8.74. The van der Waals surface area contributed by atoms with Crippen molar-refractivity contribution in [3.05, 3.63) is 134 Å². The number of aromatic amines is 1. The third-order valence-corrected chi connectivity index (χ3v) is 5.28. The van der Waals surface area contributed by atoms with E-state index in [1.165, 1.54) is 51.7 Å². The van der Waals surface area contributed by atoms with E-state index in [-0.39, 0.29) is 22.3 Å². The summed E-state index contributed by atoms with van der Waals surface area (Å²) in [4.78, 5) is 3.12. The Balaban J connectivity index is -0.000000466. The highest BCUT2D eigenvalue weighted by molar-refractivity contribution is 5.82. The van der Waals surface area contributed by atoms with Crippen molar-refractivity contribution >= 4 is 32.4 Å². The van der Waals surface area contributed by atoms with Gasteiger partial charge < -0.3 is 4.98 Å². The van der Waals surface area contributed by atoms with Gasteiger partial charge in [0.15, 0.2) is 0 Å². The molecule has 0 fully saturated rings. The molecule has 0 unspecified atom stereocenters. The van der Waals surface area contributed by atoms with Crippen LogP contribution in [-0.4, -0.2) is 4.98 Å². The zero-order valence-corrected chi connectivity index (χ0v) is 25.9. The number of nitrogens with one attached hydrogen (secondary N) is 1. The maximum atomic E-state index is 3.12. The molecule has 0 saturated carbocycles. The molecule has 0 radical (unpaired) electrons. The minimum Gasteiger partial charge on any atom is -0.361 e. The number of H-pyrrole nitrogens is 1. The number of unbranched alkanes of at least 4 members (excludes halogenated alkanes) is 1. The number of fused-ring (bicyclic) bond motifs is 3. The quantitative estimate of drug-likeness (QED) is 0.199. The van der Waals surface area contributed by atoms with E-state index >= 15 is 0 Å². The smallest absolute Gasteiger partial charge is 0.0453 e. The first kappa shape index (κ1) is 43.6. The molecule has 0 amide bonds. The van der Waals surface area contributed by atoms with Gasteiger partial charge in [-0.2, -0.15) is 0 Å². The topological polar surface area (TPSA) is 15.8 Å². The van der Waals surface area contributed by atoms with Crippen LogP contribution in [-0.2, 0) is 0 Å². The van der Waals surface area contributed by atoms with Crippen molar-refractivity contribution in [2.75, 3.05) is 0 Å². The van der Waals surface area contributed by atoms with Gasteiger partial charge in [0, 0.05) is 11.7 Å². The Hall–Kier alpha value is -3.84. The molecule has 6 aromatic rings. The lowest BCUT2D eigenvalue weighted by atomic mass is 10.1. The van der Waals surface area contributed by atoms with Crippen molar-refractivity contribution in [3.8, 4) is 0 Å². The van der Waals surface area contributed by atoms with Crippen molar-refractivity contribution in [2.24, 2.45) is 5.92 Å². The highest BCUT2D eigenvalue weighted by Gasteiger charge is 1.87. The second-order valence-electron chi connectivity index (χ2n) is 10.2. The van der Waals surface area contributed by atoms with Crippen LogP contribution in [0.5, 0.6) is 0 Å². The molecular formula is C42H63N. The molecule has 5 aromatic carbocycles. The number of hydrogen-bond donors (Lipinski definition) is 1. The van der Waals surface area contributed by atoms with E-state index in [2.05, 4.69) is 169 Å². The molecule has 6 rings (SSSR count). The van der Waals surface area contributed by atoms with E-state index in [4.69, 9.17) is 0 Å². The molecule has 1 aromatic heterocycles. The molecular weight excluding hydrogens is 518 g/mol.